The van der Waals surface area contributed by atoms with Crippen LogP contribution in [0.5, 0.6) is 0 Å². The Balaban J connectivity index is 2.73. The SMILES string of the molecule is CCCc1c(Cl)ncnc1NCC(O)C(C)C. The fraction of sp³-hybridized carbons (Fsp3) is 0.667. The molecular weight excluding hydrogens is 238 g/mol. The molecule has 1 aromatic rings. The van der Waals surface area contributed by atoms with Crippen LogP contribution in [0.2, 0.25) is 5.15 Å². The van der Waals surface area contributed by atoms with Crippen LogP contribution in [-0.2, 0) is 6.42 Å². The van der Waals surface area contributed by atoms with Crippen molar-refractivity contribution in [2.45, 2.75) is 39.7 Å². The number of nitrogens with one attached hydrogen (secondary N) is 1. The molecule has 96 valence electrons. The van der Waals surface area contributed by atoms with E-state index in [9.17, 15) is 5.11 Å². The van der Waals surface area contributed by atoms with Gasteiger partial charge in [-0.3, -0.25) is 0 Å². The fourth-order valence-electron chi connectivity index (χ4n) is 1.45. The Bertz CT molecular complexity index is 358. The Morgan fingerprint density at radius 2 is 2.12 bits per heavy atom. The number of anilines is 1. The largest absolute Gasteiger partial charge is 0.391 e. The van der Waals surface area contributed by atoms with Crippen molar-refractivity contribution in [3.05, 3.63) is 17.0 Å². The lowest BCUT2D eigenvalue weighted by Crippen LogP contribution is -2.25. The van der Waals surface area contributed by atoms with Gasteiger partial charge in [0.15, 0.2) is 0 Å². The van der Waals surface area contributed by atoms with Crippen LogP contribution >= 0.6 is 11.6 Å². The zero-order valence-corrected chi connectivity index (χ0v) is 11.3. The Morgan fingerprint density at radius 1 is 1.41 bits per heavy atom. The summed E-state index contributed by atoms with van der Waals surface area (Å²) in [6, 6.07) is 0. The maximum absolute atomic E-state index is 9.74. The molecule has 0 aliphatic carbocycles. The van der Waals surface area contributed by atoms with E-state index in [1.165, 1.54) is 6.33 Å². The molecule has 5 heteroatoms. The van der Waals surface area contributed by atoms with Crippen molar-refractivity contribution < 1.29 is 5.11 Å². The summed E-state index contributed by atoms with van der Waals surface area (Å²) in [4.78, 5) is 8.14. The Morgan fingerprint density at radius 3 is 2.71 bits per heavy atom. The van der Waals surface area contributed by atoms with Crippen LogP contribution in [0.1, 0.15) is 32.8 Å². The van der Waals surface area contributed by atoms with Crippen molar-refractivity contribution >= 4 is 17.4 Å². The highest BCUT2D eigenvalue weighted by molar-refractivity contribution is 6.30. The molecule has 4 nitrogen and oxygen atoms in total. The van der Waals surface area contributed by atoms with Crippen molar-refractivity contribution in [1.29, 1.82) is 0 Å². The number of aliphatic hydroxyl groups is 1. The van der Waals surface area contributed by atoms with Crippen LogP contribution in [-0.4, -0.2) is 27.7 Å². The molecule has 0 aliphatic heterocycles. The summed E-state index contributed by atoms with van der Waals surface area (Å²) in [5, 5.41) is 13.4. The fourth-order valence-corrected chi connectivity index (χ4v) is 1.68. The van der Waals surface area contributed by atoms with E-state index in [1.54, 1.807) is 0 Å². The molecule has 1 unspecified atom stereocenters. The summed E-state index contributed by atoms with van der Waals surface area (Å²) >= 11 is 6.03. The van der Waals surface area contributed by atoms with Gasteiger partial charge < -0.3 is 10.4 Å². The van der Waals surface area contributed by atoms with Crippen LogP contribution in [0.25, 0.3) is 0 Å². The molecule has 1 heterocycles. The topological polar surface area (TPSA) is 58.0 Å². The average Bonchev–Trinajstić information content (AvgIpc) is 2.29. The van der Waals surface area contributed by atoms with Gasteiger partial charge in [0.2, 0.25) is 0 Å². The summed E-state index contributed by atoms with van der Waals surface area (Å²) < 4.78 is 0. The minimum Gasteiger partial charge on any atom is -0.391 e. The highest BCUT2D eigenvalue weighted by Gasteiger charge is 2.12. The number of hydrogen-bond acceptors (Lipinski definition) is 4. The van der Waals surface area contributed by atoms with Crippen molar-refractivity contribution in [1.82, 2.24) is 9.97 Å². The molecule has 0 saturated heterocycles. The molecule has 1 rings (SSSR count). The third-order valence-electron chi connectivity index (χ3n) is 2.64. The van der Waals surface area contributed by atoms with Gasteiger partial charge in [-0.1, -0.05) is 38.8 Å². The molecule has 0 aromatic carbocycles. The third kappa shape index (κ3) is 4.13. The van der Waals surface area contributed by atoms with E-state index in [0.717, 1.165) is 24.2 Å². The predicted molar refractivity (Wildman–Crippen MR) is 70.4 cm³/mol. The maximum Gasteiger partial charge on any atom is 0.137 e. The number of hydrogen-bond donors (Lipinski definition) is 2. The van der Waals surface area contributed by atoms with Crippen molar-refractivity contribution in [3.8, 4) is 0 Å². The third-order valence-corrected chi connectivity index (χ3v) is 2.97. The Kier molecular flexibility index (Phi) is 5.65. The minimum absolute atomic E-state index is 0.217. The first-order valence-electron chi connectivity index (χ1n) is 5.97. The van der Waals surface area contributed by atoms with Gasteiger partial charge in [0.25, 0.3) is 0 Å². The average molecular weight is 258 g/mol. The highest BCUT2D eigenvalue weighted by Crippen LogP contribution is 2.21. The summed E-state index contributed by atoms with van der Waals surface area (Å²) in [6.45, 7) is 6.51. The van der Waals surface area contributed by atoms with Crippen molar-refractivity contribution in [2.24, 2.45) is 5.92 Å². The second-order valence-electron chi connectivity index (χ2n) is 4.43. The maximum atomic E-state index is 9.74. The van der Waals surface area contributed by atoms with Crippen LogP contribution in [0.3, 0.4) is 0 Å². The lowest BCUT2D eigenvalue weighted by Gasteiger charge is -2.17. The molecule has 0 fully saturated rings. The van der Waals surface area contributed by atoms with Crippen molar-refractivity contribution in [3.63, 3.8) is 0 Å². The Hall–Kier alpha value is -0.870. The molecule has 0 amide bonds. The smallest absolute Gasteiger partial charge is 0.137 e. The number of halogens is 1. The molecule has 0 radical (unpaired) electrons. The number of aromatic nitrogens is 2. The Labute approximate surface area is 107 Å². The number of aliphatic hydroxyl groups excluding tert-OH is 1. The van der Waals surface area contributed by atoms with Gasteiger partial charge in [0.1, 0.15) is 17.3 Å². The van der Waals surface area contributed by atoms with Gasteiger partial charge in [-0.05, 0) is 12.3 Å². The first kappa shape index (κ1) is 14.2. The van der Waals surface area contributed by atoms with Gasteiger partial charge in [0, 0.05) is 12.1 Å². The number of rotatable bonds is 6. The normalized spacial score (nSPS) is 12.8. The first-order valence-corrected chi connectivity index (χ1v) is 6.35. The molecular formula is C12H20ClN3O. The predicted octanol–water partition coefficient (Wildman–Crippen LogP) is 2.51. The van der Waals surface area contributed by atoms with Gasteiger partial charge in [-0.2, -0.15) is 0 Å². The molecule has 0 bridgehead atoms. The van der Waals surface area contributed by atoms with E-state index in [0.29, 0.717) is 11.7 Å². The van der Waals surface area contributed by atoms with E-state index in [1.807, 2.05) is 13.8 Å². The quantitative estimate of drug-likeness (QED) is 0.769. The molecule has 0 aliphatic rings. The zero-order chi connectivity index (χ0) is 12.8. The van der Waals surface area contributed by atoms with Crippen LogP contribution in [0, 0.1) is 5.92 Å². The van der Waals surface area contributed by atoms with E-state index in [4.69, 9.17) is 11.6 Å². The second kappa shape index (κ2) is 6.77. The summed E-state index contributed by atoms with van der Waals surface area (Å²) in [7, 11) is 0. The van der Waals surface area contributed by atoms with Crippen molar-refractivity contribution in [2.75, 3.05) is 11.9 Å². The first-order chi connectivity index (χ1) is 8.06. The summed E-state index contributed by atoms with van der Waals surface area (Å²) in [5.41, 5.74) is 0.924. The van der Waals surface area contributed by atoms with Gasteiger partial charge in [-0.25, -0.2) is 9.97 Å². The molecule has 1 aromatic heterocycles. The summed E-state index contributed by atoms with van der Waals surface area (Å²) in [5.74, 6) is 0.945. The molecule has 2 N–H and O–H groups in total. The van der Waals surface area contributed by atoms with Crippen LogP contribution in [0.15, 0.2) is 6.33 Å². The standard InChI is InChI=1S/C12H20ClN3O/c1-4-5-9-11(13)15-7-16-12(9)14-6-10(17)8(2)3/h7-8,10,17H,4-6H2,1-3H3,(H,14,15,16). The lowest BCUT2D eigenvalue weighted by atomic mass is 10.1. The summed E-state index contributed by atoms with van der Waals surface area (Å²) in [6.07, 6.45) is 2.86. The van der Waals surface area contributed by atoms with Gasteiger partial charge in [0.05, 0.1) is 6.10 Å². The van der Waals surface area contributed by atoms with E-state index < -0.39 is 6.10 Å². The molecule has 0 saturated carbocycles. The van der Waals surface area contributed by atoms with E-state index in [2.05, 4.69) is 22.2 Å². The van der Waals surface area contributed by atoms with Gasteiger partial charge >= 0.3 is 0 Å². The zero-order valence-electron chi connectivity index (χ0n) is 10.6. The van der Waals surface area contributed by atoms with Crippen LogP contribution < -0.4 is 5.32 Å². The van der Waals surface area contributed by atoms with E-state index in [-0.39, 0.29) is 5.92 Å². The number of nitrogens with zero attached hydrogens (tertiary/aromatic N) is 2. The molecule has 17 heavy (non-hydrogen) atoms. The van der Waals surface area contributed by atoms with Crippen LogP contribution in [0.4, 0.5) is 5.82 Å². The molecule has 0 spiro atoms. The second-order valence-corrected chi connectivity index (χ2v) is 4.79. The van der Waals surface area contributed by atoms with E-state index >= 15 is 0 Å². The minimum atomic E-state index is -0.391. The molecule has 1 atom stereocenters. The monoisotopic (exact) mass is 257 g/mol. The van der Waals surface area contributed by atoms with Gasteiger partial charge in [-0.15, -0.1) is 0 Å². The lowest BCUT2D eigenvalue weighted by molar-refractivity contribution is 0.138. The highest BCUT2D eigenvalue weighted by atomic mass is 35.5.